The first-order chi connectivity index (χ1) is 8.13. The molecule has 0 aliphatic rings. The number of halogens is 2. The van der Waals surface area contributed by atoms with Gasteiger partial charge >= 0.3 is 0 Å². The van der Waals surface area contributed by atoms with Crippen molar-refractivity contribution in [2.45, 2.75) is 25.6 Å². The number of rotatable bonds is 3. The molecular formula is C12H13BrClN3. The van der Waals surface area contributed by atoms with Crippen LogP contribution in [0.5, 0.6) is 0 Å². The van der Waals surface area contributed by atoms with Crippen LogP contribution >= 0.6 is 27.5 Å². The highest BCUT2D eigenvalue weighted by Crippen LogP contribution is 2.25. The molecule has 0 amide bonds. The van der Waals surface area contributed by atoms with Gasteiger partial charge in [-0.1, -0.05) is 34.1 Å². The van der Waals surface area contributed by atoms with E-state index in [1.807, 2.05) is 38.2 Å². The van der Waals surface area contributed by atoms with Gasteiger partial charge in [-0.15, -0.1) is 16.7 Å². The summed E-state index contributed by atoms with van der Waals surface area (Å²) in [6, 6.07) is 5.99. The van der Waals surface area contributed by atoms with Crippen LogP contribution in [0.25, 0.3) is 5.69 Å². The Morgan fingerprint density at radius 1 is 1.47 bits per heavy atom. The van der Waals surface area contributed by atoms with Crippen LogP contribution in [0.1, 0.15) is 30.0 Å². The van der Waals surface area contributed by atoms with Crippen molar-refractivity contribution in [2.75, 3.05) is 0 Å². The quantitative estimate of drug-likeness (QED) is 0.801. The van der Waals surface area contributed by atoms with Crippen LogP contribution < -0.4 is 0 Å². The van der Waals surface area contributed by atoms with Crippen LogP contribution in [0.4, 0.5) is 0 Å². The van der Waals surface area contributed by atoms with Crippen molar-refractivity contribution in [3.05, 3.63) is 40.1 Å². The first-order valence-corrected chi connectivity index (χ1v) is 6.68. The molecule has 1 unspecified atom stereocenters. The highest BCUT2D eigenvalue weighted by Gasteiger charge is 2.12. The number of hydrogen-bond donors (Lipinski definition) is 0. The molecule has 17 heavy (non-hydrogen) atoms. The van der Waals surface area contributed by atoms with Crippen molar-refractivity contribution in [3.8, 4) is 5.69 Å². The first kappa shape index (κ1) is 12.6. The molecule has 90 valence electrons. The maximum Gasteiger partial charge on any atom is 0.101 e. The second kappa shape index (κ2) is 5.19. The van der Waals surface area contributed by atoms with Gasteiger partial charge in [0, 0.05) is 4.47 Å². The van der Waals surface area contributed by atoms with Crippen LogP contribution in [0.2, 0.25) is 0 Å². The molecule has 5 heteroatoms. The topological polar surface area (TPSA) is 30.7 Å². The van der Waals surface area contributed by atoms with Crippen molar-refractivity contribution in [3.63, 3.8) is 0 Å². The summed E-state index contributed by atoms with van der Waals surface area (Å²) in [7, 11) is 0. The Morgan fingerprint density at radius 3 is 2.94 bits per heavy atom. The Kier molecular flexibility index (Phi) is 3.84. The van der Waals surface area contributed by atoms with Crippen molar-refractivity contribution in [1.29, 1.82) is 0 Å². The van der Waals surface area contributed by atoms with E-state index in [2.05, 4.69) is 26.2 Å². The molecule has 0 radical (unpaired) electrons. The number of hydrogen-bond acceptors (Lipinski definition) is 2. The second-order valence-corrected chi connectivity index (χ2v) is 5.23. The Morgan fingerprint density at radius 2 is 2.24 bits per heavy atom. The Hall–Kier alpha value is -0.870. The van der Waals surface area contributed by atoms with E-state index < -0.39 is 0 Å². The van der Waals surface area contributed by atoms with Crippen LogP contribution in [-0.2, 0) is 0 Å². The molecule has 1 heterocycles. The SMILES string of the molecule is CCC(Cl)c1cn(-c2cccc(Br)c2C)nn1. The zero-order chi connectivity index (χ0) is 12.4. The lowest BCUT2D eigenvalue weighted by Crippen LogP contribution is -1.98. The fourth-order valence-electron chi connectivity index (χ4n) is 1.59. The number of nitrogens with zero attached hydrogens (tertiary/aromatic N) is 3. The summed E-state index contributed by atoms with van der Waals surface area (Å²) in [6.07, 6.45) is 2.73. The molecule has 0 fully saturated rings. The van der Waals surface area contributed by atoms with E-state index in [4.69, 9.17) is 11.6 Å². The molecule has 0 bridgehead atoms. The third-order valence-electron chi connectivity index (χ3n) is 2.68. The minimum atomic E-state index is -0.0730. The van der Waals surface area contributed by atoms with Gasteiger partial charge in [-0.05, 0) is 31.0 Å². The van der Waals surface area contributed by atoms with Gasteiger partial charge in [0.1, 0.15) is 5.69 Å². The predicted molar refractivity (Wildman–Crippen MR) is 72.7 cm³/mol. The zero-order valence-electron chi connectivity index (χ0n) is 9.69. The maximum atomic E-state index is 6.14. The predicted octanol–water partition coefficient (Wildman–Crippen LogP) is 4.03. The minimum absolute atomic E-state index is 0.0730. The number of aromatic nitrogens is 3. The standard InChI is InChI=1S/C12H13BrClN3/c1-3-10(14)11-7-17(16-15-11)12-6-4-5-9(13)8(12)2/h4-7,10H,3H2,1-2H3. The van der Waals surface area contributed by atoms with Crippen LogP contribution in [0, 0.1) is 6.92 Å². The lowest BCUT2D eigenvalue weighted by atomic mass is 10.2. The summed E-state index contributed by atoms with van der Waals surface area (Å²) in [5, 5.41) is 8.15. The zero-order valence-corrected chi connectivity index (χ0v) is 12.0. The molecule has 0 N–H and O–H groups in total. The van der Waals surface area contributed by atoms with Gasteiger partial charge in [-0.25, -0.2) is 4.68 Å². The molecule has 0 saturated heterocycles. The van der Waals surface area contributed by atoms with Gasteiger partial charge < -0.3 is 0 Å². The van der Waals surface area contributed by atoms with Gasteiger partial charge in [0.15, 0.2) is 0 Å². The molecule has 1 aromatic carbocycles. The van der Waals surface area contributed by atoms with E-state index in [0.29, 0.717) is 0 Å². The Balaban J connectivity index is 2.40. The summed E-state index contributed by atoms with van der Waals surface area (Å²) in [5.74, 6) is 0. The second-order valence-electron chi connectivity index (χ2n) is 3.85. The summed E-state index contributed by atoms with van der Waals surface area (Å²) < 4.78 is 2.82. The summed E-state index contributed by atoms with van der Waals surface area (Å²) in [5.41, 5.74) is 2.96. The fraction of sp³-hybridized carbons (Fsp3) is 0.333. The molecule has 2 aromatic rings. The smallest absolute Gasteiger partial charge is 0.101 e. The maximum absolute atomic E-state index is 6.14. The van der Waals surface area contributed by atoms with E-state index in [9.17, 15) is 0 Å². The summed E-state index contributed by atoms with van der Waals surface area (Å²) >= 11 is 9.64. The van der Waals surface area contributed by atoms with Crippen LogP contribution in [0.3, 0.4) is 0 Å². The van der Waals surface area contributed by atoms with Crippen LogP contribution in [0.15, 0.2) is 28.9 Å². The van der Waals surface area contributed by atoms with Crippen molar-refractivity contribution < 1.29 is 0 Å². The molecule has 0 spiro atoms. The first-order valence-electron chi connectivity index (χ1n) is 5.45. The molecule has 1 atom stereocenters. The van der Waals surface area contributed by atoms with Crippen molar-refractivity contribution in [2.24, 2.45) is 0 Å². The number of benzene rings is 1. The molecular weight excluding hydrogens is 302 g/mol. The fourth-order valence-corrected chi connectivity index (χ4v) is 2.05. The van der Waals surface area contributed by atoms with Gasteiger partial charge in [0.05, 0.1) is 17.3 Å². The molecule has 0 aliphatic carbocycles. The highest BCUT2D eigenvalue weighted by molar-refractivity contribution is 9.10. The lowest BCUT2D eigenvalue weighted by Gasteiger charge is -2.06. The molecule has 0 saturated carbocycles. The monoisotopic (exact) mass is 313 g/mol. The normalized spacial score (nSPS) is 12.7. The van der Waals surface area contributed by atoms with Crippen molar-refractivity contribution >= 4 is 27.5 Å². The molecule has 0 aliphatic heterocycles. The average molecular weight is 315 g/mol. The van der Waals surface area contributed by atoms with Crippen molar-refractivity contribution in [1.82, 2.24) is 15.0 Å². The molecule has 2 rings (SSSR count). The van der Waals surface area contributed by atoms with Gasteiger partial charge in [-0.2, -0.15) is 0 Å². The van der Waals surface area contributed by atoms with E-state index in [1.54, 1.807) is 4.68 Å². The highest BCUT2D eigenvalue weighted by atomic mass is 79.9. The minimum Gasteiger partial charge on any atom is -0.220 e. The van der Waals surface area contributed by atoms with Gasteiger partial charge in [-0.3, -0.25) is 0 Å². The van der Waals surface area contributed by atoms with E-state index in [0.717, 1.165) is 27.8 Å². The van der Waals surface area contributed by atoms with E-state index >= 15 is 0 Å². The third kappa shape index (κ3) is 2.53. The summed E-state index contributed by atoms with van der Waals surface area (Å²) in [4.78, 5) is 0. The Bertz CT molecular complexity index is 524. The van der Waals surface area contributed by atoms with E-state index in [-0.39, 0.29) is 5.38 Å². The number of alkyl halides is 1. The van der Waals surface area contributed by atoms with E-state index in [1.165, 1.54) is 0 Å². The largest absolute Gasteiger partial charge is 0.220 e. The Labute approximate surface area is 114 Å². The van der Waals surface area contributed by atoms with Crippen LogP contribution in [-0.4, -0.2) is 15.0 Å². The third-order valence-corrected chi connectivity index (χ3v) is 4.07. The van der Waals surface area contributed by atoms with Gasteiger partial charge in [0.25, 0.3) is 0 Å². The van der Waals surface area contributed by atoms with Gasteiger partial charge in [0.2, 0.25) is 0 Å². The lowest BCUT2D eigenvalue weighted by molar-refractivity contribution is 0.782. The molecule has 3 nitrogen and oxygen atoms in total. The average Bonchev–Trinajstić information content (AvgIpc) is 2.81. The summed E-state index contributed by atoms with van der Waals surface area (Å²) in [6.45, 7) is 4.07. The molecule has 1 aromatic heterocycles.